The van der Waals surface area contributed by atoms with Crippen molar-refractivity contribution >= 4 is 27.9 Å². The number of rotatable bonds is 38. The Balaban J connectivity index is 4.15. The zero-order valence-corrected chi connectivity index (χ0v) is 35.3. The van der Waals surface area contributed by atoms with Gasteiger partial charge in [0.2, 0.25) is 0 Å². The smallest absolute Gasteiger partial charge is 0.306 e. The minimum atomic E-state index is -0.408. The van der Waals surface area contributed by atoms with Gasteiger partial charge in [-0.2, -0.15) is 0 Å². The van der Waals surface area contributed by atoms with E-state index in [4.69, 9.17) is 9.47 Å². The Bertz CT molecular complexity index is 812. The van der Waals surface area contributed by atoms with Crippen molar-refractivity contribution in [2.75, 3.05) is 39.1 Å². The molecule has 0 aliphatic carbocycles. The third-order valence-electron chi connectivity index (χ3n) is 9.61. The molecular formula is C44H83BrNO4+. The normalized spacial score (nSPS) is 12.7. The van der Waals surface area contributed by atoms with Gasteiger partial charge < -0.3 is 14.0 Å². The van der Waals surface area contributed by atoms with Crippen molar-refractivity contribution in [1.82, 2.24) is 0 Å². The summed E-state index contributed by atoms with van der Waals surface area (Å²) in [5, 5.41) is 0.944. The number of alkyl halides is 1. The Kier molecular flexibility index (Phi) is 36.8. The van der Waals surface area contributed by atoms with Crippen LogP contribution in [0.3, 0.4) is 0 Å². The van der Waals surface area contributed by atoms with Crippen LogP contribution in [0.4, 0.5) is 0 Å². The number of esters is 2. The molecule has 0 saturated heterocycles. The van der Waals surface area contributed by atoms with Gasteiger partial charge >= 0.3 is 11.9 Å². The maximum atomic E-state index is 12.8. The molecule has 0 rings (SSSR count). The van der Waals surface area contributed by atoms with Gasteiger partial charge in [0.15, 0.2) is 6.10 Å². The summed E-state index contributed by atoms with van der Waals surface area (Å²) in [6, 6.07) is 0. The molecule has 6 heteroatoms. The number of carbonyl (C=O) groups excluding carboxylic acids is 2. The lowest BCUT2D eigenvalue weighted by Crippen LogP contribution is -2.48. The van der Waals surface area contributed by atoms with Gasteiger partial charge in [-0.25, -0.2) is 0 Å². The standard InChI is InChI=1S/C44H83BrNO4/c1-5-7-9-11-13-15-17-19-21-23-25-27-29-31-33-36-43(47)49-41-42(40-46(3,4)39-35-38-45)50-44(48)37-34-32-30-28-26-24-22-20-18-16-14-12-10-8-6-2/h19-22,42H,5-18,23-41H2,1-4H3/q+1. The highest BCUT2D eigenvalue weighted by Crippen LogP contribution is 2.14. The zero-order chi connectivity index (χ0) is 36.8. The number of hydrogen-bond acceptors (Lipinski definition) is 4. The summed E-state index contributed by atoms with van der Waals surface area (Å²) in [5.74, 6) is -0.340. The van der Waals surface area contributed by atoms with E-state index in [1.807, 2.05) is 0 Å². The Morgan fingerprint density at radius 1 is 0.540 bits per heavy atom. The summed E-state index contributed by atoms with van der Waals surface area (Å²) in [7, 11) is 4.31. The van der Waals surface area contributed by atoms with Crippen molar-refractivity contribution in [1.29, 1.82) is 0 Å². The van der Waals surface area contributed by atoms with E-state index in [9.17, 15) is 9.59 Å². The number of unbranched alkanes of at least 4 members (excludes halogenated alkanes) is 22. The Hall–Kier alpha value is -1.14. The molecule has 50 heavy (non-hydrogen) atoms. The highest BCUT2D eigenvalue weighted by atomic mass is 79.9. The molecule has 0 spiro atoms. The fraction of sp³-hybridized carbons (Fsp3) is 0.864. The molecule has 294 valence electrons. The van der Waals surface area contributed by atoms with Gasteiger partial charge in [0.1, 0.15) is 13.2 Å². The molecule has 1 unspecified atom stereocenters. The van der Waals surface area contributed by atoms with E-state index in [0.717, 1.165) is 61.3 Å². The summed E-state index contributed by atoms with van der Waals surface area (Å²) in [6.45, 7) is 6.30. The lowest BCUT2D eigenvalue weighted by molar-refractivity contribution is -0.893. The second-order valence-corrected chi connectivity index (χ2v) is 16.1. The Morgan fingerprint density at radius 2 is 0.920 bits per heavy atom. The SMILES string of the molecule is CCCCCCCCC=CCCCCCCCC(=O)OCC(C[N+](C)(C)CCCBr)OC(=O)CCCCCCCC=CCCCCCCCC. The second kappa shape index (κ2) is 37.6. The van der Waals surface area contributed by atoms with Gasteiger partial charge in [-0.15, -0.1) is 0 Å². The van der Waals surface area contributed by atoms with E-state index in [1.54, 1.807) is 0 Å². The van der Waals surface area contributed by atoms with Crippen molar-refractivity contribution in [2.24, 2.45) is 0 Å². The summed E-state index contributed by atoms with van der Waals surface area (Å²) in [4.78, 5) is 25.3. The van der Waals surface area contributed by atoms with Crippen LogP contribution in [0.15, 0.2) is 24.3 Å². The fourth-order valence-electron chi connectivity index (χ4n) is 6.44. The minimum Gasteiger partial charge on any atom is -0.461 e. The van der Waals surface area contributed by atoms with Crippen LogP contribution in [0.1, 0.15) is 200 Å². The van der Waals surface area contributed by atoms with Crippen LogP contribution in [-0.4, -0.2) is 61.6 Å². The zero-order valence-electron chi connectivity index (χ0n) is 33.7. The quantitative estimate of drug-likeness (QED) is 0.0206. The van der Waals surface area contributed by atoms with E-state index >= 15 is 0 Å². The molecule has 0 fully saturated rings. The minimum absolute atomic E-state index is 0.151. The van der Waals surface area contributed by atoms with Crippen molar-refractivity contribution in [3.05, 3.63) is 24.3 Å². The first-order valence-corrected chi connectivity index (χ1v) is 22.5. The van der Waals surface area contributed by atoms with Gasteiger partial charge in [-0.3, -0.25) is 9.59 Å². The Labute approximate surface area is 319 Å². The number of nitrogens with zero attached hydrogens (tertiary/aromatic N) is 1. The van der Waals surface area contributed by atoms with Crippen LogP contribution >= 0.6 is 15.9 Å². The number of allylic oxidation sites excluding steroid dienone is 4. The summed E-state index contributed by atoms with van der Waals surface area (Å²) in [6.07, 6.45) is 43.1. The number of quaternary nitrogens is 1. The van der Waals surface area contributed by atoms with Crippen molar-refractivity contribution in [3.8, 4) is 0 Å². The van der Waals surface area contributed by atoms with Gasteiger partial charge in [0.05, 0.1) is 20.6 Å². The molecule has 1 atom stereocenters. The number of halogens is 1. The highest BCUT2D eigenvalue weighted by Gasteiger charge is 2.26. The van der Waals surface area contributed by atoms with E-state index in [2.05, 4.69) is 68.2 Å². The summed E-state index contributed by atoms with van der Waals surface area (Å²) in [5.41, 5.74) is 0. The molecule has 0 aromatic heterocycles. The summed E-state index contributed by atoms with van der Waals surface area (Å²) >= 11 is 3.53. The largest absolute Gasteiger partial charge is 0.461 e. The van der Waals surface area contributed by atoms with Crippen LogP contribution in [0.5, 0.6) is 0 Å². The van der Waals surface area contributed by atoms with E-state index in [0.29, 0.717) is 19.4 Å². The lowest BCUT2D eigenvalue weighted by Gasteiger charge is -2.33. The van der Waals surface area contributed by atoms with Crippen molar-refractivity contribution < 1.29 is 23.5 Å². The number of carbonyl (C=O) groups is 2. The molecule has 0 saturated carbocycles. The molecule has 0 radical (unpaired) electrons. The summed E-state index contributed by atoms with van der Waals surface area (Å²) < 4.78 is 12.3. The third-order valence-corrected chi connectivity index (χ3v) is 10.2. The molecule has 0 aromatic carbocycles. The fourth-order valence-corrected chi connectivity index (χ4v) is 6.69. The lowest BCUT2D eigenvalue weighted by atomic mass is 10.1. The van der Waals surface area contributed by atoms with Crippen molar-refractivity contribution in [3.63, 3.8) is 0 Å². The van der Waals surface area contributed by atoms with Crippen LogP contribution in [-0.2, 0) is 19.1 Å². The molecule has 0 aliphatic rings. The van der Waals surface area contributed by atoms with E-state index in [1.165, 1.54) is 128 Å². The first-order chi connectivity index (χ1) is 24.3. The third kappa shape index (κ3) is 36.6. The van der Waals surface area contributed by atoms with Crippen LogP contribution in [0, 0.1) is 0 Å². The topological polar surface area (TPSA) is 52.6 Å². The highest BCUT2D eigenvalue weighted by molar-refractivity contribution is 9.09. The van der Waals surface area contributed by atoms with Gasteiger partial charge in [-0.05, 0) is 64.2 Å². The average Bonchev–Trinajstić information content (AvgIpc) is 3.09. The number of likely N-dealkylation sites (N-methyl/N-ethyl adjacent to an activating group) is 1. The van der Waals surface area contributed by atoms with Gasteiger partial charge in [0, 0.05) is 24.6 Å². The predicted octanol–water partition coefficient (Wildman–Crippen LogP) is 13.4. The van der Waals surface area contributed by atoms with Crippen LogP contribution < -0.4 is 0 Å². The second-order valence-electron chi connectivity index (χ2n) is 15.3. The maximum absolute atomic E-state index is 12.8. The molecule has 0 aromatic rings. The first kappa shape index (κ1) is 48.9. The van der Waals surface area contributed by atoms with Crippen molar-refractivity contribution in [2.45, 2.75) is 206 Å². The predicted molar refractivity (Wildman–Crippen MR) is 220 cm³/mol. The molecule has 0 heterocycles. The maximum Gasteiger partial charge on any atom is 0.306 e. The Morgan fingerprint density at radius 3 is 1.34 bits per heavy atom. The first-order valence-electron chi connectivity index (χ1n) is 21.4. The van der Waals surface area contributed by atoms with Crippen LogP contribution in [0.2, 0.25) is 0 Å². The van der Waals surface area contributed by atoms with E-state index < -0.39 is 6.10 Å². The van der Waals surface area contributed by atoms with Crippen LogP contribution in [0.25, 0.3) is 0 Å². The van der Waals surface area contributed by atoms with Gasteiger partial charge in [-0.1, -0.05) is 157 Å². The number of hydrogen-bond donors (Lipinski definition) is 0. The monoisotopic (exact) mass is 769 g/mol. The average molecular weight is 770 g/mol. The molecule has 0 amide bonds. The molecule has 5 nitrogen and oxygen atoms in total. The molecule has 0 N–H and O–H groups in total. The molecular weight excluding hydrogens is 686 g/mol. The number of ether oxygens (including phenoxy) is 2. The van der Waals surface area contributed by atoms with E-state index in [-0.39, 0.29) is 18.5 Å². The molecule has 0 aliphatic heterocycles. The van der Waals surface area contributed by atoms with Gasteiger partial charge in [0.25, 0.3) is 0 Å². The molecule has 0 bridgehead atoms.